The standard InChI is InChI=1S/C24H37N3O3/c1-23(2,3)18-12-17-6-8-26(22(28)27-9-11-30-24(4,5)16-27)14-20(17)19(13-18)21-15-29-10-7-25-21/h12-13,21,25H,6-11,14-16H2,1-5H3/t21-/m0/s1. The van der Waals surface area contributed by atoms with Crippen LogP contribution in [0.2, 0.25) is 0 Å². The fourth-order valence-electron chi connectivity index (χ4n) is 4.75. The number of nitrogens with zero attached hydrogens (tertiary/aromatic N) is 2. The molecule has 1 N–H and O–H groups in total. The quantitative estimate of drug-likeness (QED) is 0.765. The largest absolute Gasteiger partial charge is 0.378 e. The molecule has 3 aliphatic heterocycles. The van der Waals surface area contributed by atoms with Crippen LogP contribution in [0.3, 0.4) is 0 Å². The van der Waals surface area contributed by atoms with E-state index in [0.717, 1.165) is 26.1 Å². The number of benzene rings is 1. The third-order valence-corrected chi connectivity index (χ3v) is 6.51. The van der Waals surface area contributed by atoms with Crippen molar-refractivity contribution in [2.24, 2.45) is 0 Å². The highest BCUT2D eigenvalue weighted by atomic mass is 16.5. The van der Waals surface area contributed by atoms with Crippen LogP contribution in [0.5, 0.6) is 0 Å². The van der Waals surface area contributed by atoms with Gasteiger partial charge < -0.3 is 24.6 Å². The van der Waals surface area contributed by atoms with Crippen LogP contribution in [0.25, 0.3) is 0 Å². The summed E-state index contributed by atoms with van der Waals surface area (Å²) in [4.78, 5) is 17.3. The van der Waals surface area contributed by atoms with E-state index in [-0.39, 0.29) is 23.1 Å². The molecule has 3 heterocycles. The lowest BCUT2D eigenvalue weighted by Crippen LogP contribution is -2.55. The molecule has 6 nitrogen and oxygen atoms in total. The predicted molar refractivity (Wildman–Crippen MR) is 118 cm³/mol. The fraction of sp³-hybridized carbons (Fsp3) is 0.708. The maximum atomic E-state index is 13.3. The van der Waals surface area contributed by atoms with Gasteiger partial charge in [0.25, 0.3) is 0 Å². The molecular formula is C24H37N3O3. The summed E-state index contributed by atoms with van der Waals surface area (Å²) in [5.74, 6) is 0. The van der Waals surface area contributed by atoms with Crippen molar-refractivity contribution in [3.05, 3.63) is 34.4 Å². The number of hydrogen-bond donors (Lipinski definition) is 1. The monoisotopic (exact) mass is 415 g/mol. The van der Waals surface area contributed by atoms with Gasteiger partial charge in [-0.15, -0.1) is 0 Å². The zero-order valence-corrected chi connectivity index (χ0v) is 19.2. The Bertz CT molecular complexity index is 794. The topological polar surface area (TPSA) is 54.0 Å². The van der Waals surface area contributed by atoms with Gasteiger partial charge in [-0.25, -0.2) is 4.79 Å². The highest BCUT2D eigenvalue weighted by Crippen LogP contribution is 2.34. The van der Waals surface area contributed by atoms with Crippen molar-refractivity contribution in [2.75, 3.05) is 46.0 Å². The van der Waals surface area contributed by atoms with Gasteiger partial charge in [-0.3, -0.25) is 0 Å². The third-order valence-electron chi connectivity index (χ3n) is 6.51. The van der Waals surface area contributed by atoms with E-state index in [1.165, 1.54) is 22.3 Å². The molecule has 1 aromatic rings. The Morgan fingerprint density at radius 3 is 2.63 bits per heavy atom. The van der Waals surface area contributed by atoms with Crippen molar-refractivity contribution in [1.82, 2.24) is 15.1 Å². The number of morpholine rings is 2. The average Bonchev–Trinajstić information content (AvgIpc) is 2.71. The highest BCUT2D eigenvalue weighted by molar-refractivity contribution is 5.75. The normalized spacial score (nSPS) is 24.5. The second kappa shape index (κ2) is 8.13. The minimum absolute atomic E-state index is 0.0889. The van der Waals surface area contributed by atoms with Gasteiger partial charge in [-0.2, -0.15) is 0 Å². The smallest absolute Gasteiger partial charge is 0.320 e. The molecule has 0 spiro atoms. The zero-order chi connectivity index (χ0) is 21.5. The van der Waals surface area contributed by atoms with Crippen molar-refractivity contribution in [1.29, 1.82) is 0 Å². The summed E-state index contributed by atoms with van der Waals surface area (Å²) in [7, 11) is 0. The Morgan fingerprint density at radius 1 is 1.17 bits per heavy atom. The number of urea groups is 1. The van der Waals surface area contributed by atoms with E-state index in [4.69, 9.17) is 9.47 Å². The van der Waals surface area contributed by atoms with Gasteiger partial charge in [0.2, 0.25) is 0 Å². The third kappa shape index (κ3) is 4.51. The van der Waals surface area contributed by atoms with Crippen LogP contribution in [0, 0.1) is 0 Å². The van der Waals surface area contributed by atoms with Gasteiger partial charge in [0.15, 0.2) is 0 Å². The molecule has 2 saturated heterocycles. The van der Waals surface area contributed by atoms with Gasteiger partial charge in [-0.05, 0) is 47.9 Å². The lowest BCUT2D eigenvalue weighted by atomic mass is 9.80. The van der Waals surface area contributed by atoms with E-state index in [0.29, 0.717) is 32.8 Å². The molecule has 0 aromatic heterocycles. The van der Waals surface area contributed by atoms with E-state index in [9.17, 15) is 4.79 Å². The van der Waals surface area contributed by atoms with Crippen LogP contribution < -0.4 is 5.32 Å². The molecule has 1 aromatic carbocycles. The van der Waals surface area contributed by atoms with Crippen LogP contribution in [0.4, 0.5) is 4.79 Å². The van der Waals surface area contributed by atoms with E-state index >= 15 is 0 Å². The number of ether oxygens (including phenoxy) is 2. The fourth-order valence-corrected chi connectivity index (χ4v) is 4.75. The van der Waals surface area contributed by atoms with Crippen LogP contribution in [-0.2, 0) is 27.9 Å². The second-order valence-corrected chi connectivity index (χ2v) is 10.5. The van der Waals surface area contributed by atoms with Crippen molar-refractivity contribution < 1.29 is 14.3 Å². The van der Waals surface area contributed by atoms with Crippen LogP contribution in [0.15, 0.2) is 12.1 Å². The first-order valence-corrected chi connectivity index (χ1v) is 11.3. The minimum atomic E-state index is -0.280. The minimum Gasteiger partial charge on any atom is -0.378 e. The Kier molecular flexibility index (Phi) is 5.86. The molecule has 1 atom stereocenters. The molecule has 0 radical (unpaired) electrons. The number of nitrogens with one attached hydrogen (secondary N) is 1. The molecule has 0 bridgehead atoms. The molecule has 0 unspecified atom stereocenters. The first-order chi connectivity index (χ1) is 14.1. The lowest BCUT2D eigenvalue weighted by molar-refractivity contribution is -0.0767. The molecule has 30 heavy (non-hydrogen) atoms. The number of fused-ring (bicyclic) bond motifs is 1. The Labute approximate surface area is 180 Å². The first kappa shape index (κ1) is 21.6. The molecular weight excluding hydrogens is 378 g/mol. The molecule has 6 heteroatoms. The average molecular weight is 416 g/mol. The first-order valence-electron chi connectivity index (χ1n) is 11.3. The predicted octanol–water partition coefficient (Wildman–Crippen LogP) is 3.23. The van der Waals surface area contributed by atoms with Crippen LogP contribution in [-0.4, -0.2) is 67.4 Å². The van der Waals surface area contributed by atoms with Crippen molar-refractivity contribution >= 4 is 6.03 Å². The lowest BCUT2D eigenvalue weighted by Gasteiger charge is -2.42. The molecule has 166 valence electrons. The summed E-state index contributed by atoms with van der Waals surface area (Å²) in [6.45, 7) is 16.6. The number of hydrogen-bond acceptors (Lipinski definition) is 4. The van der Waals surface area contributed by atoms with Crippen LogP contribution in [0.1, 0.15) is 62.9 Å². The summed E-state index contributed by atoms with van der Waals surface area (Å²) < 4.78 is 11.6. The van der Waals surface area contributed by atoms with Crippen molar-refractivity contribution in [3.63, 3.8) is 0 Å². The number of rotatable bonds is 1. The Morgan fingerprint density at radius 2 is 1.97 bits per heavy atom. The molecule has 0 saturated carbocycles. The summed E-state index contributed by atoms with van der Waals surface area (Å²) >= 11 is 0. The van der Waals surface area contributed by atoms with Crippen LogP contribution >= 0.6 is 0 Å². The molecule has 4 rings (SSSR count). The molecule has 3 aliphatic rings. The van der Waals surface area contributed by atoms with Gasteiger partial charge in [-0.1, -0.05) is 32.9 Å². The zero-order valence-electron chi connectivity index (χ0n) is 19.2. The number of amides is 2. The van der Waals surface area contributed by atoms with E-state index in [1.807, 2.05) is 9.80 Å². The summed E-state index contributed by atoms with van der Waals surface area (Å²) in [5.41, 5.74) is 5.16. The second-order valence-electron chi connectivity index (χ2n) is 10.5. The summed E-state index contributed by atoms with van der Waals surface area (Å²) in [6.07, 6.45) is 0.902. The van der Waals surface area contributed by atoms with E-state index in [2.05, 4.69) is 52.1 Å². The van der Waals surface area contributed by atoms with Gasteiger partial charge in [0, 0.05) is 26.2 Å². The molecule has 0 aliphatic carbocycles. The van der Waals surface area contributed by atoms with E-state index in [1.54, 1.807) is 0 Å². The number of carbonyl (C=O) groups excluding carboxylic acids is 1. The Hall–Kier alpha value is -1.63. The maximum absolute atomic E-state index is 13.3. The SMILES string of the molecule is CC1(C)CN(C(=O)N2CCc3cc(C(C)(C)C)cc([C@@H]4COCCN4)c3C2)CCO1. The number of carbonyl (C=O) groups is 1. The molecule has 2 fully saturated rings. The Balaban J connectivity index is 1.62. The van der Waals surface area contributed by atoms with Crippen molar-refractivity contribution in [3.8, 4) is 0 Å². The van der Waals surface area contributed by atoms with Crippen molar-refractivity contribution in [2.45, 2.75) is 64.6 Å². The summed E-state index contributed by atoms with van der Waals surface area (Å²) in [6, 6.07) is 5.03. The van der Waals surface area contributed by atoms with Gasteiger partial charge in [0.1, 0.15) is 0 Å². The highest BCUT2D eigenvalue weighted by Gasteiger charge is 2.34. The van der Waals surface area contributed by atoms with Gasteiger partial charge in [0.05, 0.1) is 38.0 Å². The summed E-state index contributed by atoms with van der Waals surface area (Å²) in [5, 5.41) is 3.63. The van der Waals surface area contributed by atoms with E-state index < -0.39 is 0 Å². The molecule has 2 amide bonds. The van der Waals surface area contributed by atoms with Gasteiger partial charge >= 0.3 is 6.03 Å². The maximum Gasteiger partial charge on any atom is 0.320 e.